The van der Waals surface area contributed by atoms with Crippen LogP contribution in [0.15, 0.2) is 36.7 Å². The van der Waals surface area contributed by atoms with Crippen molar-refractivity contribution in [3.05, 3.63) is 36.7 Å². The number of rotatable bonds is 3. The smallest absolute Gasteiger partial charge is 0.135 e. The third kappa shape index (κ3) is 2.66. The van der Waals surface area contributed by atoms with Gasteiger partial charge < -0.3 is 0 Å². The maximum absolute atomic E-state index is 3.89. The van der Waals surface area contributed by atoms with Gasteiger partial charge in [-0.1, -0.05) is 18.2 Å². The van der Waals surface area contributed by atoms with Gasteiger partial charge in [0, 0.05) is 0 Å². The highest BCUT2D eigenvalue weighted by Crippen LogP contribution is 2.02. The zero-order chi connectivity index (χ0) is 9.68. The van der Waals surface area contributed by atoms with Gasteiger partial charge in [0.1, 0.15) is 0 Å². The Morgan fingerprint density at radius 3 is 2.62 bits per heavy atom. The fourth-order valence-electron chi connectivity index (χ4n) is 0.754. The van der Waals surface area contributed by atoms with Crippen LogP contribution < -0.4 is 0 Å². The molecule has 0 aliphatic heterocycles. The molecule has 1 aromatic rings. The normalized spacial score (nSPS) is 11.1. The van der Waals surface area contributed by atoms with Crippen LogP contribution in [0.2, 0.25) is 0 Å². The van der Waals surface area contributed by atoms with E-state index in [-0.39, 0.29) is 0 Å². The largest absolute Gasteiger partial charge is 0.162 e. The van der Waals surface area contributed by atoms with E-state index in [1.807, 2.05) is 26.0 Å². The zero-order valence-electron chi connectivity index (χ0n) is 7.81. The summed E-state index contributed by atoms with van der Waals surface area (Å²) in [5.41, 5.74) is 2.01. The Kier molecular flexibility index (Phi) is 3.14. The molecule has 0 atom stereocenters. The lowest BCUT2D eigenvalue weighted by Gasteiger charge is -1.95. The molecule has 0 aliphatic rings. The Bertz CT molecular complexity index is 329. The summed E-state index contributed by atoms with van der Waals surface area (Å²) >= 11 is 0. The second-order valence-electron chi connectivity index (χ2n) is 2.76. The van der Waals surface area contributed by atoms with Crippen LogP contribution in [-0.4, -0.2) is 20.2 Å². The van der Waals surface area contributed by atoms with Crippen molar-refractivity contribution in [3.63, 3.8) is 0 Å². The molecule has 1 rings (SSSR count). The van der Waals surface area contributed by atoms with Gasteiger partial charge in [0.25, 0.3) is 0 Å². The predicted molar refractivity (Wildman–Crippen MR) is 51.7 cm³/mol. The SMILES string of the molecule is C=C/C(=C\C=C(C)C)n1ncnn1. The first kappa shape index (κ1) is 9.38. The van der Waals surface area contributed by atoms with Crippen molar-refractivity contribution in [2.24, 2.45) is 0 Å². The van der Waals surface area contributed by atoms with E-state index in [0.717, 1.165) is 5.70 Å². The number of aromatic nitrogens is 4. The van der Waals surface area contributed by atoms with Crippen molar-refractivity contribution < 1.29 is 0 Å². The van der Waals surface area contributed by atoms with Gasteiger partial charge in [0.2, 0.25) is 0 Å². The van der Waals surface area contributed by atoms with Gasteiger partial charge >= 0.3 is 0 Å². The molecule has 1 aromatic heterocycles. The molecular weight excluding hydrogens is 164 g/mol. The summed E-state index contributed by atoms with van der Waals surface area (Å²) < 4.78 is 0. The van der Waals surface area contributed by atoms with Crippen LogP contribution >= 0.6 is 0 Å². The Morgan fingerprint density at radius 1 is 1.38 bits per heavy atom. The molecule has 1 heterocycles. The highest BCUT2D eigenvalue weighted by molar-refractivity contribution is 5.56. The van der Waals surface area contributed by atoms with Crippen LogP contribution in [0.4, 0.5) is 0 Å². The van der Waals surface area contributed by atoms with Crippen LogP contribution in [-0.2, 0) is 0 Å². The highest BCUT2D eigenvalue weighted by atomic mass is 15.6. The van der Waals surface area contributed by atoms with Gasteiger partial charge in [-0.3, -0.25) is 0 Å². The van der Waals surface area contributed by atoms with Crippen molar-refractivity contribution in [2.75, 3.05) is 0 Å². The molecule has 13 heavy (non-hydrogen) atoms. The zero-order valence-corrected chi connectivity index (χ0v) is 7.81. The molecule has 0 amide bonds. The molecule has 0 radical (unpaired) electrons. The molecule has 0 fully saturated rings. The van der Waals surface area contributed by atoms with E-state index in [1.54, 1.807) is 6.08 Å². The van der Waals surface area contributed by atoms with Gasteiger partial charge in [0.05, 0.1) is 5.70 Å². The second-order valence-corrected chi connectivity index (χ2v) is 2.76. The molecule has 0 aliphatic carbocycles. The average molecular weight is 176 g/mol. The van der Waals surface area contributed by atoms with Crippen molar-refractivity contribution in [3.8, 4) is 0 Å². The summed E-state index contributed by atoms with van der Waals surface area (Å²) in [6, 6.07) is 0. The third-order valence-corrected chi connectivity index (χ3v) is 1.38. The lowest BCUT2D eigenvalue weighted by molar-refractivity contribution is 0.742. The van der Waals surface area contributed by atoms with E-state index < -0.39 is 0 Å². The van der Waals surface area contributed by atoms with Crippen molar-refractivity contribution in [1.29, 1.82) is 0 Å². The van der Waals surface area contributed by atoms with Gasteiger partial charge in [-0.05, 0) is 31.2 Å². The Labute approximate surface area is 77.3 Å². The molecule has 68 valence electrons. The molecule has 0 saturated heterocycles. The first-order chi connectivity index (χ1) is 6.24. The van der Waals surface area contributed by atoms with Gasteiger partial charge in [-0.25, -0.2) is 0 Å². The van der Waals surface area contributed by atoms with E-state index >= 15 is 0 Å². The van der Waals surface area contributed by atoms with Crippen LogP contribution in [0.5, 0.6) is 0 Å². The van der Waals surface area contributed by atoms with E-state index in [2.05, 4.69) is 22.0 Å². The first-order valence-electron chi connectivity index (χ1n) is 3.95. The van der Waals surface area contributed by atoms with Crippen LogP contribution in [0.25, 0.3) is 5.70 Å². The summed E-state index contributed by atoms with van der Waals surface area (Å²) in [5.74, 6) is 0. The van der Waals surface area contributed by atoms with Crippen LogP contribution in [0, 0.1) is 0 Å². The number of tetrazole rings is 1. The molecule has 0 saturated carbocycles. The van der Waals surface area contributed by atoms with Crippen LogP contribution in [0.1, 0.15) is 13.8 Å². The average Bonchev–Trinajstić information content (AvgIpc) is 2.58. The Hall–Kier alpha value is -1.71. The number of allylic oxidation sites excluding steroid dienone is 5. The molecule has 0 N–H and O–H groups in total. The lowest BCUT2D eigenvalue weighted by atomic mass is 10.3. The minimum absolute atomic E-state index is 0.804. The van der Waals surface area contributed by atoms with E-state index in [0.29, 0.717) is 0 Å². The summed E-state index contributed by atoms with van der Waals surface area (Å²) in [6.07, 6.45) is 6.94. The quantitative estimate of drug-likeness (QED) is 0.658. The molecule has 0 bridgehead atoms. The second kappa shape index (κ2) is 4.35. The van der Waals surface area contributed by atoms with E-state index in [9.17, 15) is 0 Å². The summed E-state index contributed by atoms with van der Waals surface area (Å²) in [5, 5.41) is 11.3. The lowest BCUT2D eigenvalue weighted by Crippen LogP contribution is -1.98. The fourth-order valence-corrected chi connectivity index (χ4v) is 0.754. The van der Waals surface area contributed by atoms with Crippen molar-refractivity contribution in [2.45, 2.75) is 13.8 Å². The standard InChI is InChI=1S/C9H12N4/c1-4-9(6-5-8(2)3)13-11-7-10-12-13/h4-7H,1H2,2-3H3/b9-6+. The number of hydrogen-bond donors (Lipinski definition) is 0. The van der Waals surface area contributed by atoms with Crippen molar-refractivity contribution in [1.82, 2.24) is 20.2 Å². The van der Waals surface area contributed by atoms with Gasteiger partial charge in [-0.2, -0.15) is 0 Å². The maximum Gasteiger partial charge on any atom is 0.162 e. The van der Waals surface area contributed by atoms with Crippen molar-refractivity contribution >= 4 is 5.70 Å². The highest BCUT2D eigenvalue weighted by Gasteiger charge is 1.94. The molecule has 4 nitrogen and oxygen atoms in total. The van der Waals surface area contributed by atoms with Gasteiger partial charge in [0.15, 0.2) is 6.33 Å². The van der Waals surface area contributed by atoms with E-state index in [1.165, 1.54) is 16.7 Å². The topological polar surface area (TPSA) is 43.6 Å². The molecular formula is C9H12N4. The van der Waals surface area contributed by atoms with Crippen LogP contribution in [0.3, 0.4) is 0 Å². The molecule has 0 spiro atoms. The summed E-state index contributed by atoms with van der Waals surface area (Å²) in [4.78, 5) is 1.42. The minimum atomic E-state index is 0.804. The number of hydrogen-bond acceptors (Lipinski definition) is 3. The fraction of sp³-hybridized carbons (Fsp3) is 0.222. The Morgan fingerprint density at radius 2 is 2.15 bits per heavy atom. The Balaban J connectivity index is 2.92. The molecule has 0 unspecified atom stereocenters. The maximum atomic E-state index is 3.89. The molecule has 0 aromatic carbocycles. The first-order valence-corrected chi connectivity index (χ1v) is 3.95. The summed E-state index contributed by atoms with van der Waals surface area (Å²) in [6.45, 7) is 7.71. The third-order valence-electron chi connectivity index (χ3n) is 1.38. The molecule has 4 heteroatoms. The number of nitrogens with zero attached hydrogens (tertiary/aromatic N) is 4. The van der Waals surface area contributed by atoms with E-state index in [4.69, 9.17) is 0 Å². The monoisotopic (exact) mass is 176 g/mol. The predicted octanol–water partition coefficient (Wildman–Crippen LogP) is 1.67. The summed E-state index contributed by atoms with van der Waals surface area (Å²) in [7, 11) is 0. The minimum Gasteiger partial charge on any atom is -0.135 e. The van der Waals surface area contributed by atoms with Gasteiger partial charge in [-0.15, -0.1) is 15.0 Å².